The fourth-order valence-electron chi connectivity index (χ4n) is 1.47. The van der Waals surface area contributed by atoms with Gasteiger partial charge in [0.25, 0.3) is 0 Å². The molecule has 0 amide bonds. The summed E-state index contributed by atoms with van der Waals surface area (Å²) >= 11 is 0. The standard InChI is InChI=1S/C11H15NO4S/c1-17(15,16)10-4-2-8(3-5-10)6-9(12)7-11(13)14/h2-5,9H,6-7,12H2,1H3,(H,13,14)/t9-/m1/s1. The van der Waals surface area contributed by atoms with Crippen LogP contribution in [0.15, 0.2) is 29.2 Å². The fraction of sp³-hybridized carbons (Fsp3) is 0.364. The molecule has 0 unspecified atom stereocenters. The molecule has 6 heteroatoms. The van der Waals surface area contributed by atoms with Crippen LogP contribution < -0.4 is 5.73 Å². The van der Waals surface area contributed by atoms with Gasteiger partial charge >= 0.3 is 5.97 Å². The summed E-state index contributed by atoms with van der Waals surface area (Å²) < 4.78 is 22.4. The quantitative estimate of drug-likeness (QED) is 0.797. The lowest BCUT2D eigenvalue weighted by molar-refractivity contribution is -0.137. The van der Waals surface area contributed by atoms with Crippen LogP contribution in [0.1, 0.15) is 12.0 Å². The number of benzene rings is 1. The van der Waals surface area contributed by atoms with Gasteiger partial charge in [-0.2, -0.15) is 0 Å². The predicted molar refractivity (Wildman–Crippen MR) is 63.5 cm³/mol. The first-order valence-corrected chi connectivity index (χ1v) is 6.94. The third kappa shape index (κ3) is 4.54. The number of carbonyl (C=O) groups is 1. The summed E-state index contributed by atoms with van der Waals surface area (Å²) in [6, 6.07) is 5.84. The van der Waals surface area contributed by atoms with Crippen molar-refractivity contribution < 1.29 is 18.3 Å². The Morgan fingerprint density at radius 1 is 1.35 bits per heavy atom. The molecule has 1 rings (SSSR count). The van der Waals surface area contributed by atoms with E-state index >= 15 is 0 Å². The Bertz CT molecular complexity index is 493. The van der Waals surface area contributed by atoms with Crippen LogP contribution in [-0.4, -0.2) is 31.8 Å². The van der Waals surface area contributed by atoms with Gasteiger partial charge in [0.2, 0.25) is 0 Å². The van der Waals surface area contributed by atoms with Crippen LogP contribution in [0.2, 0.25) is 0 Å². The van der Waals surface area contributed by atoms with Gasteiger partial charge in [0, 0.05) is 12.3 Å². The van der Waals surface area contributed by atoms with Gasteiger partial charge in [-0.15, -0.1) is 0 Å². The molecule has 0 radical (unpaired) electrons. The van der Waals surface area contributed by atoms with E-state index in [2.05, 4.69) is 0 Å². The first-order chi connectivity index (χ1) is 7.79. The Morgan fingerprint density at radius 3 is 2.29 bits per heavy atom. The van der Waals surface area contributed by atoms with Crippen molar-refractivity contribution in [1.82, 2.24) is 0 Å². The van der Waals surface area contributed by atoms with E-state index < -0.39 is 21.8 Å². The maximum atomic E-state index is 11.2. The normalized spacial score (nSPS) is 13.3. The van der Waals surface area contributed by atoms with Gasteiger partial charge in [-0.25, -0.2) is 8.42 Å². The van der Waals surface area contributed by atoms with Crippen molar-refractivity contribution in [2.75, 3.05) is 6.26 Å². The van der Waals surface area contributed by atoms with Crippen molar-refractivity contribution in [2.45, 2.75) is 23.8 Å². The highest BCUT2D eigenvalue weighted by Crippen LogP contribution is 2.12. The largest absolute Gasteiger partial charge is 0.481 e. The van der Waals surface area contributed by atoms with E-state index in [-0.39, 0.29) is 11.3 Å². The Hall–Kier alpha value is -1.40. The van der Waals surface area contributed by atoms with Gasteiger partial charge < -0.3 is 10.8 Å². The van der Waals surface area contributed by atoms with Gasteiger partial charge in [0.15, 0.2) is 9.84 Å². The van der Waals surface area contributed by atoms with Crippen LogP contribution in [0.3, 0.4) is 0 Å². The number of sulfone groups is 1. The molecule has 94 valence electrons. The minimum atomic E-state index is -3.19. The van der Waals surface area contributed by atoms with Crippen molar-refractivity contribution in [1.29, 1.82) is 0 Å². The van der Waals surface area contributed by atoms with E-state index in [1.165, 1.54) is 12.1 Å². The second kappa shape index (κ2) is 5.29. The van der Waals surface area contributed by atoms with E-state index in [0.29, 0.717) is 6.42 Å². The Morgan fingerprint density at radius 2 is 1.88 bits per heavy atom. The van der Waals surface area contributed by atoms with E-state index in [4.69, 9.17) is 10.8 Å². The van der Waals surface area contributed by atoms with Crippen molar-refractivity contribution in [3.63, 3.8) is 0 Å². The van der Waals surface area contributed by atoms with Gasteiger partial charge in [0.05, 0.1) is 11.3 Å². The topological polar surface area (TPSA) is 97.5 Å². The van der Waals surface area contributed by atoms with Gasteiger partial charge in [-0.3, -0.25) is 4.79 Å². The van der Waals surface area contributed by atoms with Crippen LogP contribution in [0.4, 0.5) is 0 Å². The zero-order chi connectivity index (χ0) is 13.1. The molecule has 1 aromatic rings. The van der Waals surface area contributed by atoms with Gasteiger partial charge in [-0.1, -0.05) is 12.1 Å². The van der Waals surface area contributed by atoms with E-state index in [0.717, 1.165) is 11.8 Å². The zero-order valence-electron chi connectivity index (χ0n) is 9.46. The average molecular weight is 257 g/mol. The van der Waals surface area contributed by atoms with Crippen LogP contribution in [0.5, 0.6) is 0 Å². The summed E-state index contributed by atoms with van der Waals surface area (Å²) in [4.78, 5) is 10.7. The maximum Gasteiger partial charge on any atom is 0.304 e. The molecule has 1 atom stereocenters. The predicted octanol–water partition coefficient (Wildman–Crippen LogP) is 0.435. The number of rotatable bonds is 5. The van der Waals surface area contributed by atoms with Gasteiger partial charge in [-0.05, 0) is 24.1 Å². The van der Waals surface area contributed by atoms with E-state index in [1.54, 1.807) is 12.1 Å². The summed E-state index contributed by atoms with van der Waals surface area (Å²) in [7, 11) is -3.19. The molecule has 3 N–H and O–H groups in total. The molecule has 0 aromatic heterocycles. The van der Waals surface area contributed by atoms with Crippen LogP contribution in [0, 0.1) is 0 Å². The summed E-state index contributed by atoms with van der Waals surface area (Å²) in [5.41, 5.74) is 6.46. The smallest absolute Gasteiger partial charge is 0.304 e. The minimum Gasteiger partial charge on any atom is -0.481 e. The molecule has 0 aliphatic heterocycles. The molecule has 0 fully saturated rings. The number of hydrogen-bond acceptors (Lipinski definition) is 4. The molecule has 0 saturated heterocycles. The van der Waals surface area contributed by atoms with Crippen LogP contribution in [0.25, 0.3) is 0 Å². The lowest BCUT2D eigenvalue weighted by atomic mass is 10.0. The fourth-order valence-corrected chi connectivity index (χ4v) is 2.10. The number of carboxylic acid groups (broad SMARTS) is 1. The highest BCUT2D eigenvalue weighted by atomic mass is 32.2. The number of nitrogens with two attached hydrogens (primary N) is 1. The van der Waals surface area contributed by atoms with Crippen molar-refractivity contribution in [3.8, 4) is 0 Å². The minimum absolute atomic E-state index is 0.103. The third-order valence-corrected chi connectivity index (χ3v) is 3.41. The zero-order valence-corrected chi connectivity index (χ0v) is 10.3. The molecule has 0 aliphatic rings. The molecule has 0 spiro atoms. The second-order valence-corrected chi connectivity index (χ2v) is 5.99. The molecule has 5 nitrogen and oxygen atoms in total. The molecular weight excluding hydrogens is 242 g/mol. The SMILES string of the molecule is CS(=O)(=O)c1ccc(C[C@@H](N)CC(=O)O)cc1. The third-order valence-electron chi connectivity index (χ3n) is 2.29. The highest BCUT2D eigenvalue weighted by Gasteiger charge is 2.10. The van der Waals surface area contributed by atoms with Crippen LogP contribution in [-0.2, 0) is 21.1 Å². The molecular formula is C11H15NO4S. The Labute approximate surface area is 100 Å². The molecule has 0 bridgehead atoms. The van der Waals surface area contributed by atoms with E-state index in [1.807, 2.05) is 0 Å². The monoisotopic (exact) mass is 257 g/mol. The Kier molecular flexibility index (Phi) is 4.25. The first kappa shape index (κ1) is 13.7. The van der Waals surface area contributed by atoms with E-state index in [9.17, 15) is 13.2 Å². The molecule has 1 aromatic carbocycles. The summed E-state index contributed by atoms with van der Waals surface area (Å²) in [5.74, 6) is -0.940. The van der Waals surface area contributed by atoms with Gasteiger partial charge in [0.1, 0.15) is 0 Å². The van der Waals surface area contributed by atoms with Crippen molar-refractivity contribution in [2.24, 2.45) is 5.73 Å². The molecule has 17 heavy (non-hydrogen) atoms. The van der Waals surface area contributed by atoms with Crippen LogP contribution >= 0.6 is 0 Å². The Balaban J connectivity index is 2.72. The number of carboxylic acids is 1. The van der Waals surface area contributed by atoms with Crippen molar-refractivity contribution in [3.05, 3.63) is 29.8 Å². The average Bonchev–Trinajstić information content (AvgIpc) is 2.15. The molecule has 0 saturated carbocycles. The number of hydrogen-bond donors (Lipinski definition) is 2. The van der Waals surface area contributed by atoms with Crippen molar-refractivity contribution >= 4 is 15.8 Å². The summed E-state index contributed by atoms with van der Waals surface area (Å²) in [6.45, 7) is 0. The first-order valence-electron chi connectivity index (χ1n) is 5.05. The maximum absolute atomic E-state index is 11.2. The highest BCUT2D eigenvalue weighted by molar-refractivity contribution is 7.90. The molecule has 0 aliphatic carbocycles. The lowest BCUT2D eigenvalue weighted by Gasteiger charge is -2.09. The number of aliphatic carboxylic acids is 1. The second-order valence-electron chi connectivity index (χ2n) is 3.98. The lowest BCUT2D eigenvalue weighted by Crippen LogP contribution is -2.26. The summed E-state index contributed by atoms with van der Waals surface area (Å²) in [6.07, 6.45) is 1.45. The summed E-state index contributed by atoms with van der Waals surface area (Å²) in [5, 5.41) is 8.55. The molecule has 0 heterocycles.